The van der Waals surface area contributed by atoms with E-state index in [1.807, 2.05) is 0 Å². The maximum absolute atomic E-state index is 13.0. The minimum Gasteiger partial charge on any atom is -0.466 e. The van der Waals surface area contributed by atoms with Gasteiger partial charge in [0.15, 0.2) is 11.6 Å². The van der Waals surface area contributed by atoms with Crippen molar-refractivity contribution < 1.29 is 18.3 Å². The fraction of sp³-hybridized carbons (Fsp3) is 0.462. The highest BCUT2D eigenvalue weighted by atomic mass is 19.2. The lowest BCUT2D eigenvalue weighted by Crippen LogP contribution is -2.31. The summed E-state index contributed by atoms with van der Waals surface area (Å²) in [6, 6.07) is 3.58. The topological polar surface area (TPSA) is 38.3 Å². The van der Waals surface area contributed by atoms with E-state index in [1.165, 1.54) is 6.07 Å². The maximum atomic E-state index is 13.0. The normalized spacial score (nSPS) is 12.2. The van der Waals surface area contributed by atoms with E-state index in [0.29, 0.717) is 18.6 Å². The molecule has 0 aliphatic heterocycles. The van der Waals surface area contributed by atoms with Crippen molar-refractivity contribution in [1.82, 2.24) is 5.32 Å². The maximum Gasteiger partial charge on any atom is 0.307 e. The molecule has 0 aromatic heterocycles. The summed E-state index contributed by atoms with van der Waals surface area (Å²) in [5.41, 5.74) is 0.637. The Morgan fingerprint density at radius 1 is 1.39 bits per heavy atom. The molecule has 0 radical (unpaired) electrons. The molecular weight excluding hydrogens is 240 g/mol. The Labute approximate surface area is 105 Å². The number of carbonyl (C=O) groups excluding carboxylic acids is 1. The number of nitrogens with one attached hydrogen (secondary N) is 1. The molecule has 0 saturated heterocycles. The highest BCUT2D eigenvalue weighted by Crippen LogP contribution is 2.12. The average molecular weight is 257 g/mol. The fourth-order valence-corrected chi connectivity index (χ4v) is 1.65. The van der Waals surface area contributed by atoms with E-state index in [-0.39, 0.29) is 18.4 Å². The summed E-state index contributed by atoms with van der Waals surface area (Å²) < 4.78 is 30.6. The molecule has 0 aliphatic carbocycles. The number of likely N-dealkylation sites (N-methyl/N-ethyl adjacent to an activating group) is 1. The molecule has 0 spiro atoms. The third-order valence-corrected chi connectivity index (χ3v) is 2.59. The lowest BCUT2D eigenvalue weighted by Gasteiger charge is -2.15. The van der Waals surface area contributed by atoms with E-state index in [9.17, 15) is 13.6 Å². The van der Waals surface area contributed by atoms with Gasteiger partial charge >= 0.3 is 5.97 Å². The van der Waals surface area contributed by atoms with Gasteiger partial charge in [-0.05, 0) is 38.1 Å². The Morgan fingerprint density at radius 3 is 2.67 bits per heavy atom. The van der Waals surface area contributed by atoms with E-state index in [2.05, 4.69) is 5.32 Å². The second-order valence-electron chi connectivity index (χ2n) is 3.95. The quantitative estimate of drug-likeness (QED) is 0.793. The van der Waals surface area contributed by atoms with Crippen LogP contribution in [0.25, 0.3) is 0 Å². The van der Waals surface area contributed by atoms with Crippen molar-refractivity contribution >= 4 is 5.97 Å². The first-order valence-corrected chi connectivity index (χ1v) is 5.83. The summed E-state index contributed by atoms with van der Waals surface area (Å²) in [6.07, 6.45) is 0.635. The third kappa shape index (κ3) is 4.41. The van der Waals surface area contributed by atoms with E-state index in [1.54, 1.807) is 14.0 Å². The molecule has 18 heavy (non-hydrogen) atoms. The lowest BCUT2D eigenvalue weighted by molar-refractivity contribution is -0.143. The van der Waals surface area contributed by atoms with Crippen molar-refractivity contribution in [2.24, 2.45) is 0 Å². The molecule has 0 heterocycles. The molecule has 0 fully saturated rings. The number of rotatable bonds is 6. The van der Waals surface area contributed by atoms with Gasteiger partial charge in [0, 0.05) is 6.04 Å². The number of hydrogen-bond acceptors (Lipinski definition) is 3. The molecule has 1 N–H and O–H groups in total. The number of carbonyl (C=O) groups is 1. The summed E-state index contributed by atoms with van der Waals surface area (Å²) in [5, 5.41) is 2.96. The van der Waals surface area contributed by atoms with Gasteiger partial charge < -0.3 is 10.1 Å². The first kappa shape index (κ1) is 14.6. The Bertz CT molecular complexity index is 410. The molecule has 1 rings (SSSR count). The minimum absolute atomic E-state index is 0.158. The van der Waals surface area contributed by atoms with Gasteiger partial charge in [0.05, 0.1) is 13.0 Å². The molecule has 5 heteroatoms. The number of hydrogen-bond donors (Lipinski definition) is 1. The summed E-state index contributed by atoms with van der Waals surface area (Å²) in [7, 11) is 1.71. The molecular formula is C13H17F2NO2. The first-order chi connectivity index (χ1) is 8.56. The van der Waals surface area contributed by atoms with Crippen molar-refractivity contribution in [2.45, 2.75) is 25.8 Å². The van der Waals surface area contributed by atoms with Gasteiger partial charge in [0.25, 0.3) is 0 Å². The van der Waals surface area contributed by atoms with Crippen molar-refractivity contribution in [3.05, 3.63) is 35.4 Å². The highest BCUT2D eigenvalue weighted by molar-refractivity contribution is 5.70. The van der Waals surface area contributed by atoms with Crippen LogP contribution >= 0.6 is 0 Å². The molecule has 0 saturated carbocycles. The molecule has 3 nitrogen and oxygen atoms in total. The summed E-state index contributed by atoms with van der Waals surface area (Å²) in [4.78, 5) is 11.3. The van der Waals surface area contributed by atoms with Crippen LogP contribution in [0.5, 0.6) is 0 Å². The fourth-order valence-electron chi connectivity index (χ4n) is 1.65. The van der Waals surface area contributed by atoms with Crippen molar-refractivity contribution in [2.75, 3.05) is 13.7 Å². The Balaban J connectivity index is 2.62. The van der Waals surface area contributed by atoms with Crippen LogP contribution < -0.4 is 5.32 Å². The van der Waals surface area contributed by atoms with Gasteiger partial charge in [-0.25, -0.2) is 8.78 Å². The van der Waals surface area contributed by atoms with Crippen LogP contribution in [0.2, 0.25) is 0 Å². The Hall–Kier alpha value is -1.49. The monoisotopic (exact) mass is 257 g/mol. The van der Waals surface area contributed by atoms with Gasteiger partial charge in [-0.2, -0.15) is 0 Å². The molecule has 0 aliphatic rings. The summed E-state index contributed by atoms with van der Waals surface area (Å²) in [6.45, 7) is 2.07. The zero-order valence-corrected chi connectivity index (χ0v) is 10.5. The number of benzene rings is 1. The standard InChI is InChI=1S/C13H17F2NO2/c1-3-18-13(17)8-10(16-2)6-9-4-5-11(14)12(15)7-9/h4-5,7,10,16H,3,6,8H2,1-2H3. The molecule has 0 bridgehead atoms. The Kier molecular flexibility index (Phi) is 5.71. The van der Waals surface area contributed by atoms with Crippen LogP contribution in [-0.4, -0.2) is 25.7 Å². The van der Waals surface area contributed by atoms with Gasteiger partial charge in [0.2, 0.25) is 0 Å². The smallest absolute Gasteiger partial charge is 0.307 e. The van der Waals surface area contributed by atoms with E-state index in [0.717, 1.165) is 12.1 Å². The average Bonchev–Trinajstić information content (AvgIpc) is 2.33. The largest absolute Gasteiger partial charge is 0.466 e. The second kappa shape index (κ2) is 7.06. The highest BCUT2D eigenvalue weighted by Gasteiger charge is 2.14. The van der Waals surface area contributed by atoms with Gasteiger partial charge in [-0.3, -0.25) is 4.79 Å². The zero-order chi connectivity index (χ0) is 13.5. The molecule has 0 amide bonds. The molecule has 1 aromatic rings. The molecule has 1 atom stereocenters. The van der Waals surface area contributed by atoms with Crippen LogP contribution in [0.3, 0.4) is 0 Å². The SMILES string of the molecule is CCOC(=O)CC(Cc1ccc(F)c(F)c1)NC. The number of halogens is 2. The molecule has 1 aromatic carbocycles. The first-order valence-electron chi connectivity index (χ1n) is 5.83. The minimum atomic E-state index is -0.876. The summed E-state index contributed by atoms with van der Waals surface area (Å²) in [5.74, 6) is -2.05. The van der Waals surface area contributed by atoms with Gasteiger partial charge in [-0.1, -0.05) is 6.07 Å². The van der Waals surface area contributed by atoms with Gasteiger partial charge in [0.1, 0.15) is 0 Å². The summed E-state index contributed by atoms with van der Waals surface area (Å²) >= 11 is 0. The van der Waals surface area contributed by atoms with E-state index >= 15 is 0 Å². The van der Waals surface area contributed by atoms with Crippen LogP contribution in [0, 0.1) is 11.6 Å². The predicted octanol–water partition coefficient (Wildman–Crippen LogP) is 2.05. The van der Waals surface area contributed by atoms with Crippen LogP contribution in [-0.2, 0) is 16.0 Å². The Morgan fingerprint density at radius 2 is 2.11 bits per heavy atom. The van der Waals surface area contributed by atoms with E-state index < -0.39 is 11.6 Å². The number of esters is 1. The molecule has 1 unspecified atom stereocenters. The van der Waals surface area contributed by atoms with Gasteiger partial charge in [-0.15, -0.1) is 0 Å². The molecule has 100 valence electrons. The predicted molar refractivity (Wildman–Crippen MR) is 64.2 cm³/mol. The van der Waals surface area contributed by atoms with E-state index in [4.69, 9.17) is 4.74 Å². The zero-order valence-electron chi connectivity index (χ0n) is 10.5. The second-order valence-corrected chi connectivity index (χ2v) is 3.95. The van der Waals surface area contributed by atoms with Crippen LogP contribution in [0.4, 0.5) is 8.78 Å². The van der Waals surface area contributed by atoms with Crippen molar-refractivity contribution in [3.8, 4) is 0 Å². The van der Waals surface area contributed by atoms with Crippen molar-refractivity contribution in [1.29, 1.82) is 0 Å². The van der Waals surface area contributed by atoms with Crippen molar-refractivity contribution in [3.63, 3.8) is 0 Å². The number of ether oxygens (including phenoxy) is 1. The van der Waals surface area contributed by atoms with Crippen LogP contribution in [0.15, 0.2) is 18.2 Å². The third-order valence-electron chi connectivity index (χ3n) is 2.59. The lowest BCUT2D eigenvalue weighted by atomic mass is 10.0. The van der Waals surface area contributed by atoms with Crippen LogP contribution in [0.1, 0.15) is 18.9 Å².